The monoisotopic (exact) mass is 340 g/mol. The first-order valence-corrected chi connectivity index (χ1v) is 7.41. The van der Waals surface area contributed by atoms with Crippen LogP contribution in [0.4, 0.5) is 0 Å². The van der Waals surface area contributed by atoms with Crippen molar-refractivity contribution in [2.24, 2.45) is 5.73 Å². The Kier molecular flexibility index (Phi) is 4.05. The molecule has 2 aromatic carbocycles. The second-order valence-corrected chi connectivity index (χ2v) is 5.54. The van der Waals surface area contributed by atoms with Crippen LogP contribution in [0.3, 0.4) is 0 Å². The molecule has 1 heterocycles. The molecular weight excluding hydrogens is 328 g/mol. The van der Waals surface area contributed by atoms with E-state index in [1.165, 1.54) is 10.8 Å². The fourth-order valence-corrected chi connectivity index (χ4v) is 2.58. The van der Waals surface area contributed by atoms with E-state index in [2.05, 4.69) is 5.32 Å². The molecule has 0 saturated carbocycles. The minimum atomic E-state index is -0.554. The lowest BCUT2D eigenvalue weighted by Gasteiger charge is -2.12. The average Bonchev–Trinajstić information content (AvgIpc) is 2.56. The highest BCUT2D eigenvalue weighted by Gasteiger charge is 2.15. The van der Waals surface area contributed by atoms with Gasteiger partial charge >= 0.3 is 0 Å². The smallest absolute Gasteiger partial charge is 0.262 e. The van der Waals surface area contributed by atoms with Crippen molar-refractivity contribution in [2.45, 2.75) is 0 Å². The van der Waals surface area contributed by atoms with Crippen LogP contribution in [0.15, 0.2) is 59.5 Å². The first-order chi connectivity index (χ1) is 11.5. The van der Waals surface area contributed by atoms with Crippen LogP contribution in [0, 0.1) is 5.41 Å². The Morgan fingerprint density at radius 1 is 1.08 bits per heavy atom. The van der Waals surface area contributed by atoms with Gasteiger partial charge in [0.15, 0.2) is 5.96 Å². The fourth-order valence-electron chi connectivity index (χ4n) is 2.46. The van der Waals surface area contributed by atoms with Crippen LogP contribution in [0.1, 0.15) is 10.4 Å². The summed E-state index contributed by atoms with van der Waals surface area (Å²) in [5.74, 6) is -1.02. The van der Waals surface area contributed by atoms with Crippen molar-refractivity contribution in [1.29, 1.82) is 5.41 Å². The number of amides is 1. The molecule has 0 atom stereocenters. The lowest BCUT2D eigenvalue weighted by atomic mass is 10.1. The number of hydrogen-bond donors (Lipinski definition) is 3. The van der Waals surface area contributed by atoms with Crippen molar-refractivity contribution < 1.29 is 4.79 Å². The van der Waals surface area contributed by atoms with Gasteiger partial charge in [0.05, 0.1) is 5.56 Å². The molecule has 24 heavy (non-hydrogen) atoms. The lowest BCUT2D eigenvalue weighted by Crippen LogP contribution is -2.36. The summed E-state index contributed by atoms with van der Waals surface area (Å²) in [6.07, 6.45) is 1.44. The van der Waals surface area contributed by atoms with Gasteiger partial charge in [-0.2, -0.15) is 0 Å². The number of carbonyl (C=O) groups excluding carboxylic acids is 1. The third-order valence-corrected chi connectivity index (χ3v) is 3.77. The summed E-state index contributed by atoms with van der Waals surface area (Å²) < 4.78 is 1.37. The van der Waals surface area contributed by atoms with Gasteiger partial charge in [0.2, 0.25) is 0 Å². The van der Waals surface area contributed by atoms with E-state index in [9.17, 15) is 9.59 Å². The Labute approximate surface area is 142 Å². The molecule has 0 bridgehead atoms. The number of hydrogen-bond acceptors (Lipinski definition) is 3. The normalized spacial score (nSPS) is 10.5. The molecule has 6 nitrogen and oxygen atoms in total. The lowest BCUT2D eigenvalue weighted by molar-refractivity contribution is 0.0977. The van der Waals surface area contributed by atoms with E-state index < -0.39 is 11.9 Å². The maximum absolute atomic E-state index is 12.7. The molecule has 0 spiro atoms. The van der Waals surface area contributed by atoms with Gasteiger partial charge in [-0.05, 0) is 30.3 Å². The van der Waals surface area contributed by atoms with E-state index >= 15 is 0 Å². The van der Waals surface area contributed by atoms with Gasteiger partial charge in [-0.3, -0.25) is 24.9 Å². The highest BCUT2D eigenvalue weighted by molar-refractivity contribution is 6.30. The summed E-state index contributed by atoms with van der Waals surface area (Å²) in [7, 11) is 0. The zero-order valence-corrected chi connectivity index (χ0v) is 13.2. The molecule has 3 aromatic rings. The summed E-state index contributed by atoms with van der Waals surface area (Å²) >= 11 is 5.88. The zero-order valence-electron chi connectivity index (χ0n) is 12.4. The molecule has 1 amide bonds. The van der Waals surface area contributed by atoms with E-state index in [-0.39, 0.29) is 11.1 Å². The molecule has 1 aromatic heterocycles. The molecule has 0 radical (unpaired) electrons. The molecule has 7 heteroatoms. The highest BCUT2D eigenvalue weighted by Crippen LogP contribution is 2.18. The van der Waals surface area contributed by atoms with E-state index in [1.54, 1.807) is 48.5 Å². The number of aromatic nitrogens is 1. The van der Waals surface area contributed by atoms with Crippen molar-refractivity contribution in [1.82, 2.24) is 9.88 Å². The third-order valence-electron chi connectivity index (χ3n) is 3.52. The second-order valence-electron chi connectivity index (χ2n) is 5.11. The number of nitrogens with one attached hydrogen (secondary N) is 2. The first kappa shape index (κ1) is 15.8. The molecule has 3 rings (SSSR count). The molecule has 0 unspecified atom stereocenters. The molecule has 4 N–H and O–H groups in total. The number of fused-ring (bicyclic) bond motifs is 1. The topological polar surface area (TPSA) is 101 Å². The number of nitrogens with two attached hydrogens (primary N) is 1. The quantitative estimate of drug-likeness (QED) is 0.492. The Hall–Kier alpha value is -3.12. The number of benzene rings is 2. The Bertz CT molecular complexity index is 1010. The summed E-state index contributed by atoms with van der Waals surface area (Å²) in [4.78, 5) is 25.1. The van der Waals surface area contributed by atoms with Crippen molar-refractivity contribution >= 4 is 34.2 Å². The number of halogens is 1. The van der Waals surface area contributed by atoms with Crippen LogP contribution < -0.4 is 16.6 Å². The third kappa shape index (κ3) is 2.87. The van der Waals surface area contributed by atoms with Gasteiger partial charge in [-0.25, -0.2) is 0 Å². The number of pyridine rings is 1. The summed E-state index contributed by atoms with van der Waals surface area (Å²) in [5, 5.41) is 10.9. The minimum Gasteiger partial charge on any atom is -0.370 e. The van der Waals surface area contributed by atoms with Crippen LogP contribution in [-0.2, 0) is 0 Å². The molecule has 0 aliphatic carbocycles. The maximum atomic E-state index is 12.7. The van der Waals surface area contributed by atoms with Crippen molar-refractivity contribution in [3.8, 4) is 5.69 Å². The maximum Gasteiger partial charge on any atom is 0.262 e. The van der Waals surface area contributed by atoms with Crippen molar-refractivity contribution in [2.75, 3.05) is 0 Å². The minimum absolute atomic E-state index is 0.246. The number of guanidine groups is 1. The number of carbonyl (C=O) groups is 1. The van der Waals surface area contributed by atoms with Crippen molar-refractivity contribution in [3.63, 3.8) is 0 Å². The number of nitrogens with zero attached hydrogens (tertiary/aromatic N) is 1. The fraction of sp³-hybridized carbons (Fsp3) is 0. The van der Waals surface area contributed by atoms with Crippen LogP contribution in [-0.4, -0.2) is 16.4 Å². The second kappa shape index (κ2) is 6.17. The standard InChI is InChI=1S/C17H13ClN4O2/c18-10-5-7-11(8-6-10)22-9-14(15(23)21-17(19)20)12-3-1-2-4-13(12)16(22)24/h1-9H,(H4,19,20,21,23). The van der Waals surface area contributed by atoms with Crippen LogP contribution in [0.2, 0.25) is 5.02 Å². The predicted molar refractivity (Wildman–Crippen MR) is 93.9 cm³/mol. The first-order valence-electron chi connectivity index (χ1n) is 7.03. The Balaban J connectivity index is 2.29. The molecule has 0 aliphatic heterocycles. The summed E-state index contributed by atoms with van der Waals surface area (Å²) in [6, 6.07) is 13.5. The van der Waals surface area contributed by atoms with Crippen molar-refractivity contribution in [3.05, 3.63) is 75.7 Å². The zero-order chi connectivity index (χ0) is 17.3. The van der Waals surface area contributed by atoms with Crippen LogP contribution in [0.25, 0.3) is 16.5 Å². The Morgan fingerprint density at radius 3 is 2.33 bits per heavy atom. The van der Waals surface area contributed by atoms with E-state index in [0.717, 1.165) is 0 Å². The van der Waals surface area contributed by atoms with Gasteiger partial charge in [0.25, 0.3) is 11.5 Å². The molecule has 0 aliphatic rings. The SMILES string of the molecule is N=C(N)NC(=O)c1cn(-c2ccc(Cl)cc2)c(=O)c2ccccc12. The van der Waals surface area contributed by atoms with Crippen LogP contribution in [0.5, 0.6) is 0 Å². The Morgan fingerprint density at radius 2 is 1.71 bits per heavy atom. The summed E-state index contributed by atoms with van der Waals surface area (Å²) in [6.45, 7) is 0. The van der Waals surface area contributed by atoms with Gasteiger partial charge in [-0.1, -0.05) is 29.8 Å². The summed E-state index contributed by atoms with van der Waals surface area (Å²) in [5.41, 5.74) is 5.80. The van der Waals surface area contributed by atoms with Gasteiger partial charge in [0, 0.05) is 27.7 Å². The molecule has 0 fully saturated rings. The number of rotatable bonds is 2. The van der Waals surface area contributed by atoms with Gasteiger partial charge in [0.1, 0.15) is 0 Å². The van der Waals surface area contributed by atoms with E-state index in [0.29, 0.717) is 21.5 Å². The largest absolute Gasteiger partial charge is 0.370 e. The predicted octanol–water partition coefficient (Wildman–Crippen LogP) is 2.27. The highest BCUT2D eigenvalue weighted by atomic mass is 35.5. The van der Waals surface area contributed by atoms with E-state index in [4.69, 9.17) is 22.7 Å². The molecule has 120 valence electrons. The molecule has 0 saturated heterocycles. The average molecular weight is 341 g/mol. The van der Waals surface area contributed by atoms with Gasteiger partial charge in [-0.15, -0.1) is 0 Å². The van der Waals surface area contributed by atoms with Gasteiger partial charge < -0.3 is 5.73 Å². The van der Waals surface area contributed by atoms with E-state index in [1.807, 2.05) is 0 Å². The molecular formula is C17H13ClN4O2. The van der Waals surface area contributed by atoms with Crippen LogP contribution >= 0.6 is 11.6 Å².